The van der Waals surface area contributed by atoms with Gasteiger partial charge < -0.3 is 45.1 Å². The number of likely N-dealkylation sites (tertiary alicyclic amines) is 1. The lowest BCUT2D eigenvalue weighted by Crippen LogP contribution is -2.57. The summed E-state index contributed by atoms with van der Waals surface area (Å²) >= 11 is 7.69. The molecule has 416 valence electrons. The first kappa shape index (κ1) is 56.8. The Labute approximate surface area is 464 Å². The number of halogens is 2. The van der Waals surface area contributed by atoms with Gasteiger partial charge in [0.2, 0.25) is 23.7 Å². The van der Waals surface area contributed by atoms with Gasteiger partial charge in [0.25, 0.3) is 0 Å². The van der Waals surface area contributed by atoms with Gasteiger partial charge in [-0.25, -0.2) is 14.4 Å². The van der Waals surface area contributed by atoms with Crippen LogP contribution in [0.15, 0.2) is 84.6 Å². The minimum Gasteiger partial charge on any atom is -0.393 e. The van der Waals surface area contributed by atoms with Crippen molar-refractivity contribution in [1.29, 1.82) is 0 Å². The average Bonchev–Trinajstić information content (AvgIpc) is 4.23. The average molecular weight is 1110 g/mol. The molecule has 1 saturated carbocycles. The van der Waals surface area contributed by atoms with E-state index in [0.29, 0.717) is 31.5 Å². The minimum atomic E-state index is -0.921. The number of aromatic nitrogens is 4. The number of β-amino-alcohol motifs (C(OH)–C–C–N with tert-alkyl or cyclic N) is 1. The fourth-order valence-electron chi connectivity index (χ4n) is 10.6. The third kappa shape index (κ3) is 14.7. The van der Waals surface area contributed by atoms with Crippen LogP contribution in [0.4, 0.5) is 16.0 Å². The molecule has 0 radical (unpaired) electrons. The fraction of sp³-hybridized carbons (Fsp3) is 0.483. The number of carbonyl (C=O) groups excluding carboxylic acids is 3. The highest BCUT2D eigenvalue weighted by Crippen LogP contribution is 2.38. The van der Waals surface area contributed by atoms with E-state index in [1.807, 2.05) is 63.7 Å². The molecule has 3 aromatic carbocycles. The van der Waals surface area contributed by atoms with Crippen LogP contribution in [-0.2, 0) is 36.9 Å². The fourth-order valence-corrected chi connectivity index (χ4v) is 11.6. The Hall–Kier alpha value is -5.90. The van der Waals surface area contributed by atoms with Crippen molar-refractivity contribution < 1.29 is 38.5 Å². The molecule has 1 aliphatic carbocycles. The highest BCUT2D eigenvalue weighted by molar-refractivity contribution is 7.13. The number of rotatable bonds is 21. The molecule has 5 heterocycles. The van der Waals surface area contributed by atoms with Crippen molar-refractivity contribution in [1.82, 2.24) is 44.9 Å². The van der Waals surface area contributed by atoms with Crippen LogP contribution in [0.1, 0.15) is 82.2 Å². The number of aliphatic hydroxyl groups is 2. The van der Waals surface area contributed by atoms with Gasteiger partial charge in [0, 0.05) is 105 Å². The number of hydrogen-bond donors (Lipinski definition) is 5. The maximum absolute atomic E-state index is 14.1. The number of aliphatic hydroxyl groups excluding tert-OH is 2. The summed E-state index contributed by atoms with van der Waals surface area (Å²) in [6, 6.07) is 19.2. The zero-order chi connectivity index (χ0) is 54.9. The van der Waals surface area contributed by atoms with Crippen LogP contribution in [0, 0.1) is 18.2 Å². The highest BCUT2D eigenvalue weighted by atomic mass is 35.5. The summed E-state index contributed by atoms with van der Waals surface area (Å²) in [7, 11) is 0. The Kier molecular flexibility index (Phi) is 18.9. The topological polar surface area (TPSA) is 200 Å². The molecule has 20 heteroatoms. The van der Waals surface area contributed by atoms with Gasteiger partial charge >= 0.3 is 0 Å². The zero-order valence-corrected chi connectivity index (χ0v) is 46.5. The summed E-state index contributed by atoms with van der Waals surface area (Å²) in [5, 5.41) is 31.0. The molecular weight excluding hydrogens is 1040 g/mol. The molecule has 0 spiro atoms. The van der Waals surface area contributed by atoms with E-state index in [1.165, 1.54) is 22.6 Å². The number of amides is 3. The lowest BCUT2D eigenvalue weighted by atomic mass is 9.85. The molecule has 6 aromatic rings. The van der Waals surface area contributed by atoms with E-state index >= 15 is 0 Å². The number of aryl methyl sites for hydroxylation is 1. The minimum absolute atomic E-state index is 0.00104. The third-order valence-corrected chi connectivity index (χ3v) is 16.2. The maximum atomic E-state index is 14.1. The summed E-state index contributed by atoms with van der Waals surface area (Å²) in [4.78, 5) is 61.9. The summed E-state index contributed by atoms with van der Waals surface area (Å²) in [5.74, 6) is -1.21. The Morgan fingerprint density at radius 3 is 2.24 bits per heavy atom. The van der Waals surface area contributed by atoms with Crippen molar-refractivity contribution in [2.24, 2.45) is 5.41 Å². The number of ether oxygens (including phenoxy) is 2. The molecule has 0 unspecified atom stereocenters. The van der Waals surface area contributed by atoms with Crippen molar-refractivity contribution in [3.63, 3.8) is 0 Å². The summed E-state index contributed by atoms with van der Waals surface area (Å²) in [5.41, 5.74) is 8.64. The van der Waals surface area contributed by atoms with Gasteiger partial charge in [-0.05, 0) is 78.5 Å². The van der Waals surface area contributed by atoms with Crippen LogP contribution in [0.5, 0.6) is 0 Å². The molecule has 3 aliphatic rings. The first-order valence-electron chi connectivity index (χ1n) is 27.1. The van der Waals surface area contributed by atoms with Crippen LogP contribution in [0.3, 0.4) is 0 Å². The summed E-state index contributed by atoms with van der Waals surface area (Å²) in [6.45, 7) is 14.7. The van der Waals surface area contributed by atoms with Gasteiger partial charge in [-0.15, -0.1) is 11.3 Å². The van der Waals surface area contributed by atoms with E-state index in [4.69, 9.17) is 26.1 Å². The molecule has 9 rings (SSSR count). The quantitative estimate of drug-likeness (QED) is 0.0437. The van der Waals surface area contributed by atoms with Crippen molar-refractivity contribution in [2.45, 2.75) is 110 Å². The van der Waals surface area contributed by atoms with E-state index in [0.717, 1.165) is 109 Å². The molecule has 78 heavy (non-hydrogen) atoms. The van der Waals surface area contributed by atoms with Crippen molar-refractivity contribution in [3.8, 4) is 21.6 Å². The number of fused-ring (bicyclic) bond motifs is 1. The van der Waals surface area contributed by atoms with Crippen molar-refractivity contribution in [3.05, 3.63) is 112 Å². The number of benzene rings is 3. The second-order valence-electron chi connectivity index (χ2n) is 21.9. The second-order valence-corrected chi connectivity index (χ2v) is 23.2. The van der Waals surface area contributed by atoms with Gasteiger partial charge in [0.1, 0.15) is 23.5 Å². The van der Waals surface area contributed by atoms with Gasteiger partial charge in [-0.2, -0.15) is 4.98 Å². The van der Waals surface area contributed by atoms with Gasteiger partial charge in [-0.3, -0.25) is 24.2 Å². The SMILES string of the molecule is Cc1ncsc1-c1ccc(CNC(=O)[C@@H]2C[C@@H](O)CN2C(=O)[C@@H](NC(=O)CCOCCOCCN2CCN(Cc3ccc(-c4cn(C5CCC(O)CC5)c5nc(Nc6cc(F)cc(Cl)c6)ncc45)cc3)CC2)C(C)(C)C)cc1. The number of nitrogens with one attached hydrogen (secondary N) is 3. The van der Waals surface area contributed by atoms with E-state index in [2.05, 4.69) is 70.7 Å². The van der Waals surface area contributed by atoms with E-state index in [1.54, 1.807) is 17.4 Å². The maximum Gasteiger partial charge on any atom is 0.246 e. The molecule has 2 saturated heterocycles. The zero-order valence-electron chi connectivity index (χ0n) is 44.9. The first-order chi connectivity index (χ1) is 37.5. The molecule has 3 aromatic heterocycles. The molecule has 5 N–H and O–H groups in total. The Morgan fingerprint density at radius 1 is 0.859 bits per heavy atom. The number of hydrogen-bond acceptors (Lipinski definition) is 14. The number of piperazine rings is 1. The van der Waals surface area contributed by atoms with Crippen LogP contribution in [-0.4, -0.2) is 152 Å². The number of nitrogens with zero attached hydrogens (tertiary/aromatic N) is 7. The molecule has 3 atom stereocenters. The van der Waals surface area contributed by atoms with Crippen LogP contribution in [0.25, 0.3) is 32.6 Å². The molecular formula is C58H72ClFN10O7S. The molecule has 0 bridgehead atoms. The Morgan fingerprint density at radius 2 is 1.55 bits per heavy atom. The number of thiazole rings is 1. The first-order valence-corrected chi connectivity index (χ1v) is 28.3. The lowest BCUT2D eigenvalue weighted by Gasteiger charge is -2.35. The van der Waals surface area contributed by atoms with E-state index in [-0.39, 0.29) is 61.5 Å². The normalized spacial score (nSPS) is 19.8. The smallest absolute Gasteiger partial charge is 0.246 e. The predicted octanol–water partition coefficient (Wildman–Crippen LogP) is 7.89. The standard InChI is InChI=1S/C58H72ClFN10O7S/c1-37-52(78-36-63-37)41-11-5-38(6-12-41)31-61-55(74)50-30-47(72)34-70(50)56(75)53(58(2,3)4)65-51(73)17-23-76-25-26-77-24-22-67-18-20-68(21-19-67)33-39-7-9-40(10-8-39)49-35-69(45-13-15-46(71)16-14-45)54-48(49)32-62-57(66-54)64-44-28-42(59)27-43(60)29-44/h5-12,27-29,32,35-36,45-47,50,53,71-72H,13-26,30-31,33-34H2,1-4H3,(H,61,74)(H,65,73)(H,62,64,66)/t45?,46?,47-,50+,53-/m1/s1. The monoisotopic (exact) mass is 1110 g/mol. The lowest BCUT2D eigenvalue weighted by molar-refractivity contribution is -0.144. The van der Waals surface area contributed by atoms with Crippen LogP contribution in [0.2, 0.25) is 5.02 Å². The van der Waals surface area contributed by atoms with Gasteiger partial charge in [-0.1, -0.05) is 80.9 Å². The van der Waals surface area contributed by atoms with E-state index < -0.39 is 35.3 Å². The molecule has 3 fully saturated rings. The molecule has 3 amide bonds. The summed E-state index contributed by atoms with van der Waals surface area (Å²) in [6.07, 6.45) is 6.14. The number of anilines is 2. The molecule has 2 aliphatic heterocycles. The largest absolute Gasteiger partial charge is 0.393 e. The van der Waals surface area contributed by atoms with Crippen LogP contribution < -0.4 is 16.0 Å². The van der Waals surface area contributed by atoms with Gasteiger partial charge in [0.05, 0.1) is 54.7 Å². The Balaban J connectivity index is 0.670. The third-order valence-electron chi connectivity index (χ3n) is 15.0. The highest BCUT2D eigenvalue weighted by Gasteiger charge is 2.44. The van der Waals surface area contributed by atoms with Crippen molar-refractivity contribution in [2.75, 3.05) is 71.0 Å². The van der Waals surface area contributed by atoms with Gasteiger partial charge in [0.15, 0.2) is 0 Å². The predicted molar refractivity (Wildman–Crippen MR) is 301 cm³/mol. The van der Waals surface area contributed by atoms with Crippen molar-refractivity contribution >= 4 is 63.3 Å². The summed E-state index contributed by atoms with van der Waals surface area (Å²) < 4.78 is 28.0. The number of carbonyl (C=O) groups is 3. The molecule has 17 nitrogen and oxygen atoms in total. The van der Waals surface area contributed by atoms with E-state index in [9.17, 15) is 29.0 Å². The Bertz CT molecular complexity index is 2970. The van der Waals surface area contributed by atoms with Crippen LogP contribution >= 0.6 is 22.9 Å². The second kappa shape index (κ2) is 25.9.